The van der Waals surface area contributed by atoms with Gasteiger partial charge in [0, 0.05) is 13.0 Å². The Bertz CT molecular complexity index is 2060. The molecule has 0 saturated carbocycles. The smallest absolute Gasteiger partial charge is 0.245 e. The van der Waals surface area contributed by atoms with Crippen molar-refractivity contribution in [1.29, 1.82) is 0 Å². The second kappa shape index (κ2) is 39.4. The summed E-state index contributed by atoms with van der Waals surface area (Å²) >= 11 is 0. The number of hydrogen-bond acceptors (Lipinski definition) is 18. The second-order valence-corrected chi connectivity index (χ2v) is 22.2. The van der Waals surface area contributed by atoms with Crippen LogP contribution in [0.15, 0.2) is 0 Å². The summed E-state index contributed by atoms with van der Waals surface area (Å²) in [7, 11) is 0. The van der Waals surface area contributed by atoms with Crippen LogP contribution in [0.4, 0.5) is 0 Å². The summed E-state index contributed by atoms with van der Waals surface area (Å²) in [4.78, 5) is 153. The summed E-state index contributed by atoms with van der Waals surface area (Å²) in [5.41, 5.74) is 29.2. The third kappa shape index (κ3) is 27.8. The number of aliphatic hydroxyl groups is 2. The van der Waals surface area contributed by atoms with E-state index in [4.69, 9.17) is 28.7 Å². The third-order valence-electron chi connectivity index (χ3n) is 13.3. The Balaban J connectivity index is 3.81. The molecule has 1 heterocycles. The lowest BCUT2D eigenvalue weighted by molar-refractivity contribution is -0.137. The van der Waals surface area contributed by atoms with E-state index in [1.165, 1.54) is 13.8 Å². The van der Waals surface area contributed by atoms with Crippen molar-refractivity contribution >= 4 is 65.0 Å². The van der Waals surface area contributed by atoms with Crippen molar-refractivity contribution in [2.45, 2.75) is 211 Å². The summed E-state index contributed by atoms with van der Waals surface area (Å²) in [6.07, 6.45) is -0.749. The highest BCUT2D eigenvalue weighted by molar-refractivity contribution is 5.99. The molecule has 1 rings (SSSR count). The Hall–Kier alpha value is -6.11. The van der Waals surface area contributed by atoms with Crippen LogP contribution in [0.25, 0.3) is 0 Å². The molecule has 12 unspecified atom stereocenters. The lowest BCUT2D eigenvalue weighted by Crippen LogP contribution is -2.62. The molecule has 12 atom stereocenters. The molecule has 0 bridgehead atoms. The van der Waals surface area contributed by atoms with Crippen LogP contribution in [0, 0.1) is 17.8 Å². The minimum absolute atomic E-state index is 0.0126. The summed E-state index contributed by atoms with van der Waals surface area (Å²) < 4.78 is 0. The number of carbonyl (C=O) groups excluding carboxylic acids is 11. The summed E-state index contributed by atoms with van der Waals surface area (Å²) in [5, 5.41) is 49.5. The summed E-state index contributed by atoms with van der Waals surface area (Å²) in [6.45, 7) is 12.7. The van der Waals surface area contributed by atoms with E-state index < -0.39 is 151 Å². The van der Waals surface area contributed by atoms with Crippen LogP contribution in [0.5, 0.6) is 0 Å². The highest BCUT2D eigenvalue weighted by Gasteiger charge is 2.37. The van der Waals surface area contributed by atoms with Crippen LogP contribution in [0.3, 0.4) is 0 Å². The van der Waals surface area contributed by atoms with Crippen LogP contribution < -0.4 is 87.2 Å². The molecule has 0 aromatic rings. The molecule has 29 heteroatoms. The van der Waals surface area contributed by atoms with E-state index in [1.807, 2.05) is 0 Å². The molecule has 23 N–H and O–H groups in total. The van der Waals surface area contributed by atoms with Crippen LogP contribution in [0.2, 0.25) is 0 Å². The van der Waals surface area contributed by atoms with Gasteiger partial charge in [-0.1, -0.05) is 60.8 Å². The molecular formula is C53H100N16O13. The Morgan fingerprint density at radius 3 is 1.45 bits per heavy atom. The van der Waals surface area contributed by atoms with Gasteiger partial charge >= 0.3 is 0 Å². The minimum atomic E-state index is -1.69. The first-order valence-corrected chi connectivity index (χ1v) is 28.8. The quantitative estimate of drug-likeness (QED) is 0.0311. The fraction of sp³-hybridized carbons (Fsp3) is 0.792. The SMILES string of the molecule is CC(C)CCCCCC(=O)NC(CCN)C(=O)NC(C(=O)NC(CCN)[15C](=O)[17NH]C1CCNC(=O)C(C(C)O)NC(=O)C(CCN)NC(=O)C(CCN)NC(=O)C(CC(C)C)NC(=O)C(CC(C)C)NC(=O)C(CCN)NC1=O)C(C)O. The van der Waals surface area contributed by atoms with Gasteiger partial charge in [-0.3, -0.25) is 52.7 Å². The van der Waals surface area contributed by atoms with Gasteiger partial charge in [-0.15, -0.1) is 0 Å². The van der Waals surface area contributed by atoms with E-state index in [0.717, 1.165) is 19.3 Å². The summed E-state index contributed by atoms with van der Waals surface area (Å²) in [6, 6.07) is -14.5. The van der Waals surface area contributed by atoms with Gasteiger partial charge in [0.15, 0.2) is 0 Å². The van der Waals surface area contributed by atoms with Gasteiger partial charge in [-0.2, -0.15) is 0 Å². The zero-order valence-electron chi connectivity index (χ0n) is 49.4. The van der Waals surface area contributed by atoms with E-state index in [1.54, 1.807) is 27.7 Å². The van der Waals surface area contributed by atoms with E-state index in [2.05, 4.69) is 72.3 Å². The van der Waals surface area contributed by atoms with Crippen molar-refractivity contribution in [2.24, 2.45) is 46.4 Å². The maximum Gasteiger partial charge on any atom is 0.245 e. The molecule has 0 aromatic carbocycles. The number of unbranched alkanes of at least 4 members (excludes halogenated alkanes) is 2. The maximum atomic E-state index is 14.4. The second-order valence-electron chi connectivity index (χ2n) is 22.2. The molecule has 29 nitrogen and oxygen atoms in total. The van der Waals surface area contributed by atoms with Crippen molar-refractivity contribution in [2.75, 3.05) is 39.3 Å². The fourth-order valence-corrected chi connectivity index (χ4v) is 8.80. The average Bonchev–Trinajstić information content (AvgIpc) is 3.38. The topological polar surface area (TPSA) is 491 Å². The molecule has 11 amide bonds. The first-order chi connectivity index (χ1) is 38.6. The van der Waals surface area contributed by atoms with Crippen molar-refractivity contribution < 1.29 is 63.0 Å². The lowest BCUT2D eigenvalue weighted by Gasteiger charge is -2.29. The predicted octanol–water partition coefficient (Wildman–Crippen LogP) is -5.44. The van der Waals surface area contributed by atoms with Gasteiger partial charge in [-0.25, -0.2) is 0 Å². The third-order valence-corrected chi connectivity index (χ3v) is 13.3. The monoisotopic (exact) mass is 1170 g/mol. The Morgan fingerprint density at radius 1 is 0.549 bits per heavy atom. The van der Waals surface area contributed by atoms with Gasteiger partial charge in [0.05, 0.1) is 12.2 Å². The van der Waals surface area contributed by atoms with E-state index >= 15 is 0 Å². The first kappa shape index (κ1) is 73.9. The normalized spacial score (nSPS) is 23.1. The molecule has 0 radical (unpaired) electrons. The van der Waals surface area contributed by atoms with E-state index in [9.17, 15) is 63.0 Å². The number of hydrogen-bond donors (Lipinski definition) is 18. The van der Waals surface area contributed by atoms with E-state index in [0.29, 0.717) is 12.3 Å². The van der Waals surface area contributed by atoms with Gasteiger partial charge in [0.1, 0.15) is 60.4 Å². The van der Waals surface area contributed by atoms with Gasteiger partial charge in [-0.05, 0) is 122 Å². The zero-order chi connectivity index (χ0) is 62.2. The fourth-order valence-electron chi connectivity index (χ4n) is 8.80. The van der Waals surface area contributed by atoms with Crippen molar-refractivity contribution in [3.05, 3.63) is 0 Å². The largest absolute Gasteiger partial charge is 0.391 e. The van der Waals surface area contributed by atoms with Gasteiger partial charge in [0.25, 0.3) is 0 Å². The Kier molecular flexibility index (Phi) is 35.5. The molecule has 0 spiro atoms. The minimum Gasteiger partial charge on any atom is -0.391 e. The lowest BCUT2D eigenvalue weighted by atomic mass is 9.99. The zero-order valence-corrected chi connectivity index (χ0v) is 49.4. The number of rotatable bonds is 29. The van der Waals surface area contributed by atoms with Crippen LogP contribution >= 0.6 is 0 Å². The van der Waals surface area contributed by atoms with Crippen LogP contribution in [-0.4, -0.2) is 187 Å². The Morgan fingerprint density at radius 2 is 1.01 bits per heavy atom. The number of carbonyl (C=O) groups is 11. The molecule has 1 aliphatic heterocycles. The van der Waals surface area contributed by atoms with Crippen LogP contribution in [-0.2, 0) is 52.7 Å². The molecule has 0 aromatic heterocycles. The predicted molar refractivity (Wildman–Crippen MR) is 305 cm³/mol. The molecular weight excluding hydrogens is 1070 g/mol. The van der Waals surface area contributed by atoms with Crippen molar-refractivity contribution in [3.8, 4) is 0 Å². The van der Waals surface area contributed by atoms with Crippen molar-refractivity contribution in [3.63, 3.8) is 0 Å². The highest BCUT2D eigenvalue weighted by atomic mass is 17.7. The number of amides is 11. The first-order valence-electron chi connectivity index (χ1n) is 28.8. The molecule has 0 aliphatic carbocycles. The molecule has 82 heavy (non-hydrogen) atoms. The molecule has 1 aliphatic rings. The molecule has 470 valence electrons. The Labute approximate surface area is 482 Å². The van der Waals surface area contributed by atoms with Crippen molar-refractivity contribution in [1.82, 2.24) is 58.5 Å². The van der Waals surface area contributed by atoms with Gasteiger partial charge in [0.2, 0.25) is 65.0 Å². The van der Waals surface area contributed by atoms with Gasteiger partial charge < -0.3 is 97.4 Å². The number of aliphatic hydroxyl groups excluding tert-OH is 2. The molecule has 1 saturated heterocycles. The number of nitrogens with two attached hydrogens (primary N) is 5. The molecule has 1 fully saturated rings. The summed E-state index contributed by atoms with van der Waals surface area (Å²) in [5.74, 6) is -9.47. The average molecular weight is 1180 g/mol. The maximum absolute atomic E-state index is 14.4. The highest BCUT2D eigenvalue weighted by Crippen LogP contribution is 2.13. The van der Waals surface area contributed by atoms with Crippen LogP contribution in [0.1, 0.15) is 139 Å². The van der Waals surface area contributed by atoms with E-state index in [-0.39, 0.29) is 95.9 Å². The standard InChI is InChI=1S/C53H100N16O13/c1-28(2)12-10-9-11-13-41(72)60-33(14-20-54)48(77)69-43(32(8)71)53(82)65-36(17-23-57)45(74)64-38-19-25-59-52(81)42(31(7)70)68-49(78)37(18-24-58)62-44(73)34(15-21-55)63-50(79)39(26-29(3)4)67-51(80)40(27-30(5)6)66-46(75)35(16-22-56)61-47(38)76/h28-40,42-43,70-71H,9-27,54-58H2,1-8H3,(H,59,81)(H,60,72)(H,61,76)(H,62,73)(H,63,79)(H,64,74)(H,65,82)(H,66,75)(H,67,80)(H,68,78)(H,69,77)/i45+3,64+3. The number of nitrogens with one attached hydrogen (secondary N) is 11.